The monoisotopic (exact) mass is 188 g/mol. The van der Waals surface area contributed by atoms with Gasteiger partial charge >= 0.3 is 5.97 Å². The van der Waals surface area contributed by atoms with Gasteiger partial charge in [0.05, 0.1) is 0 Å². The van der Waals surface area contributed by atoms with Crippen molar-refractivity contribution in [3.8, 4) is 0 Å². The summed E-state index contributed by atoms with van der Waals surface area (Å²) in [4.78, 5) is 10.3. The van der Waals surface area contributed by atoms with E-state index in [0.717, 1.165) is 25.7 Å². The molecule has 0 bridgehead atoms. The summed E-state index contributed by atoms with van der Waals surface area (Å²) < 4.78 is 5.21. The molecule has 0 radical (unpaired) electrons. The first-order valence-corrected chi connectivity index (χ1v) is 4.89. The Labute approximate surface area is 77.2 Å². The van der Waals surface area contributed by atoms with Crippen molar-refractivity contribution >= 4 is 17.6 Å². The van der Waals surface area contributed by atoms with Crippen LogP contribution in [-0.4, -0.2) is 16.4 Å². The maximum absolute atomic E-state index is 11.1. The van der Waals surface area contributed by atoms with Gasteiger partial charge in [0.15, 0.2) is 4.87 Å². The maximum Gasteiger partial charge on any atom is 0.331 e. The van der Waals surface area contributed by atoms with Crippen LogP contribution < -0.4 is 0 Å². The highest BCUT2D eigenvalue weighted by Gasteiger charge is 2.65. The second-order valence-corrected chi connectivity index (χ2v) is 4.70. The van der Waals surface area contributed by atoms with Crippen LogP contribution in [0.3, 0.4) is 0 Å². The predicted octanol–water partition coefficient (Wildman–Crippen LogP) is 2.24. The van der Waals surface area contributed by atoms with Gasteiger partial charge < -0.3 is 4.74 Å². The average molecular weight is 189 g/mol. The Bertz CT molecular complexity index is 217. The fourth-order valence-electron chi connectivity index (χ4n) is 2.20. The molecular weight excluding hydrogens is 176 g/mol. The number of ether oxygens (including phenoxy) is 1. The Hall–Kier alpha value is -0.240. The van der Waals surface area contributed by atoms with E-state index in [0.29, 0.717) is 0 Å². The number of hydrogen-bond acceptors (Lipinski definition) is 2. The van der Waals surface area contributed by atoms with Crippen molar-refractivity contribution < 1.29 is 9.53 Å². The summed E-state index contributed by atoms with van der Waals surface area (Å²) in [5, 5.41) is 0. The first kappa shape index (κ1) is 8.36. The number of rotatable bonds is 0. The normalized spacial score (nSPS) is 39.0. The van der Waals surface area contributed by atoms with Crippen LogP contribution in [0.1, 0.15) is 39.0 Å². The highest BCUT2D eigenvalue weighted by Crippen LogP contribution is 2.51. The second-order valence-electron chi connectivity index (χ2n) is 3.95. The number of carbonyl (C=O) groups excluding carboxylic acids is 1. The third-order valence-electron chi connectivity index (χ3n) is 3.19. The molecule has 1 spiro atoms. The summed E-state index contributed by atoms with van der Waals surface area (Å²) in [6, 6.07) is 0. The summed E-state index contributed by atoms with van der Waals surface area (Å²) >= 11 is 6.12. The van der Waals surface area contributed by atoms with Gasteiger partial charge in [0, 0.05) is 0 Å². The number of esters is 1. The summed E-state index contributed by atoms with van der Waals surface area (Å²) in [5.74, 6) is -0.244. The second kappa shape index (κ2) is 2.38. The lowest BCUT2D eigenvalue weighted by molar-refractivity contribution is -0.210. The standard InChI is InChI=1S/C9H13ClO2/c1-8(10)7(11)12-9(8)5-3-2-4-6-9/h2-6H2,1H3. The highest BCUT2D eigenvalue weighted by molar-refractivity contribution is 6.36. The van der Waals surface area contributed by atoms with E-state index in [-0.39, 0.29) is 11.6 Å². The van der Waals surface area contributed by atoms with Gasteiger partial charge in [0.1, 0.15) is 5.60 Å². The van der Waals surface area contributed by atoms with Crippen LogP contribution in [0.2, 0.25) is 0 Å². The molecule has 2 aliphatic rings. The van der Waals surface area contributed by atoms with Crippen molar-refractivity contribution in [3.05, 3.63) is 0 Å². The fraction of sp³-hybridized carbons (Fsp3) is 0.889. The van der Waals surface area contributed by atoms with Crippen molar-refractivity contribution in [2.24, 2.45) is 0 Å². The van der Waals surface area contributed by atoms with Crippen LogP contribution in [0.15, 0.2) is 0 Å². The van der Waals surface area contributed by atoms with E-state index in [4.69, 9.17) is 16.3 Å². The van der Waals surface area contributed by atoms with Gasteiger partial charge in [-0.25, -0.2) is 4.79 Å². The molecule has 12 heavy (non-hydrogen) atoms. The lowest BCUT2D eigenvalue weighted by atomic mass is 9.72. The number of hydrogen-bond donors (Lipinski definition) is 0. The molecule has 3 heteroatoms. The topological polar surface area (TPSA) is 26.3 Å². The SMILES string of the molecule is CC1(Cl)C(=O)OC12CCCCC2. The van der Waals surface area contributed by atoms with Gasteiger partial charge in [-0.15, -0.1) is 11.6 Å². The lowest BCUT2D eigenvalue weighted by Gasteiger charge is -2.53. The van der Waals surface area contributed by atoms with Crippen LogP contribution in [0.5, 0.6) is 0 Å². The van der Waals surface area contributed by atoms with Crippen molar-refractivity contribution in [2.75, 3.05) is 0 Å². The van der Waals surface area contributed by atoms with Crippen molar-refractivity contribution in [1.29, 1.82) is 0 Å². The number of alkyl halides is 1. The molecule has 1 saturated carbocycles. The Morgan fingerprint density at radius 2 is 1.92 bits per heavy atom. The van der Waals surface area contributed by atoms with E-state index in [2.05, 4.69) is 0 Å². The van der Waals surface area contributed by atoms with Gasteiger partial charge in [-0.05, 0) is 32.6 Å². The molecule has 1 atom stereocenters. The van der Waals surface area contributed by atoms with Gasteiger partial charge in [-0.2, -0.15) is 0 Å². The van der Waals surface area contributed by atoms with Gasteiger partial charge in [0.2, 0.25) is 0 Å². The minimum absolute atomic E-state index is 0.244. The first-order valence-electron chi connectivity index (χ1n) is 4.51. The summed E-state index contributed by atoms with van der Waals surface area (Å²) in [6.45, 7) is 1.78. The Balaban J connectivity index is 2.17. The van der Waals surface area contributed by atoms with E-state index in [1.807, 2.05) is 0 Å². The van der Waals surface area contributed by atoms with Crippen molar-refractivity contribution in [2.45, 2.75) is 49.5 Å². The van der Waals surface area contributed by atoms with E-state index in [1.165, 1.54) is 6.42 Å². The van der Waals surface area contributed by atoms with Gasteiger partial charge in [0.25, 0.3) is 0 Å². The first-order chi connectivity index (χ1) is 5.58. The zero-order valence-electron chi connectivity index (χ0n) is 7.23. The third kappa shape index (κ3) is 0.846. The zero-order chi connectivity index (χ0) is 8.82. The Morgan fingerprint density at radius 3 is 2.33 bits per heavy atom. The molecule has 2 nitrogen and oxygen atoms in total. The van der Waals surface area contributed by atoms with Crippen molar-refractivity contribution in [1.82, 2.24) is 0 Å². The summed E-state index contributed by atoms with van der Waals surface area (Å²) in [6.07, 6.45) is 5.40. The van der Waals surface area contributed by atoms with Crippen LogP contribution >= 0.6 is 11.6 Å². The highest BCUT2D eigenvalue weighted by atomic mass is 35.5. The molecule has 1 unspecified atom stereocenters. The molecular formula is C9H13ClO2. The molecule has 68 valence electrons. The molecule has 2 rings (SSSR count). The number of halogens is 1. The third-order valence-corrected chi connectivity index (χ3v) is 3.69. The lowest BCUT2D eigenvalue weighted by Crippen LogP contribution is -2.68. The molecule has 1 aliphatic carbocycles. The molecule has 2 fully saturated rings. The predicted molar refractivity (Wildman–Crippen MR) is 46.2 cm³/mol. The van der Waals surface area contributed by atoms with Crippen molar-refractivity contribution in [3.63, 3.8) is 0 Å². The molecule has 0 aromatic rings. The van der Waals surface area contributed by atoms with Crippen LogP contribution in [0.25, 0.3) is 0 Å². The smallest absolute Gasteiger partial charge is 0.331 e. The van der Waals surface area contributed by atoms with Gasteiger partial charge in [-0.3, -0.25) is 0 Å². The quantitative estimate of drug-likeness (QED) is 0.431. The van der Waals surface area contributed by atoms with E-state index in [9.17, 15) is 4.79 Å². The Morgan fingerprint density at radius 1 is 1.33 bits per heavy atom. The molecule has 0 amide bonds. The van der Waals surface area contributed by atoms with Crippen LogP contribution in [-0.2, 0) is 9.53 Å². The summed E-state index contributed by atoms with van der Waals surface area (Å²) in [7, 11) is 0. The molecule has 0 aromatic carbocycles. The fourth-order valence-corrected chi connectivity index (χ4v) is 2.47. The summed E-state index contributed by atoms with van der Waals surface area (Å²) in [5.41, 5.74) is -0.316. The minimum Gasteiger partial charge on any atom is -0.455 e. The molecule has 1 saturated heterocycles. The average Bonchev–Trinajstić information content (AvgIpc) is 2.06. The van der Waals surface area contributed by atoms with Crippen LogP contribution in [0.4, 0.5) is 0 Å². The minimum atomic E-state index is -0.743. The molecule has 0 aromatic heterocycles. The van der Waals surface area contributed by atoms with E-state index < -0.39 is 4.87 Å². The largest absolute Gasteiger partial charge is 0.455 e. The molecule has 1 heterocycles. The maximum atomic E-state index is 11.1. The Kier molecular flexibility index (Phi) is 1.66. The molecule has 0 N–H and O–H groups in total. The van der Waals surface area contributed by atoms with E-state index in [1.54, 1.807) is 6.92 Å². The zero-order valence-corrected chi connectivity index (χ0v) is 7.99. The van der Waals surface area contributed by atoms with E-state index >= 15 is 0 Å². The molecule has 1 aliphatic heterocycles. The van der Waals surface area contributed by atoms with Gasteiger partial charge in [-0.1, -0.05) is 6.42 Å². The number of carbonyl (C=O) groups is 1. The van der Waals surface area contributed by atoms with Crippen LogP contribution in [0, 0.1) is 0 Å².